The van der Waals surface area contributed by atoms with Crippen LogP contribution in [0.2, 0.25) is 0 Å². The highest BCUT2D eigenvalue weighted by atomic mass is 32.2. The van der Waals surface area contributed by atoms with Crippen LogP contribution in [0.25, 0.3) is 10.3 Å². The first-order valence-electron chi connectivity index (χ1n) is 13.4. The van der Waals surface area contributed by atoms with Crippen molar-refractivity contribution < 1.29 is 27.9 Å². The molecule has 1 amide bonds. The molecule has 0 bridgehead atoms. The van der Waals surface area contributed by atoms with E-state index in [-0.39, 0.29) is 28.1 Å². The number of likely N-dealkylation sites (N-methyl/N-ethyl adjacent to an activating group) is 1. The predicted octanol–water partition coefficient (Wildman–Crippen LogP) is 2.98. The summed E-state index contributed by atoms with van der Waals surface area (Å²) < 4.78 is 31.3. The fraction of sp³-hybridized carbons (Fsp3) is 0.481. The fourth-order valence-corrected chi connectivity index (χ4v) is 7.46. The number of rotatable bonds is 9. The lowest BCUT2D eigenvalue weighted by molar-refractivity contribution is -0.110. The highest BCUT2D eigenvalue weighted by molar-refractivity contribution is 7.92. The van der Waals surface area contributed by atoms with E-state index in [1.165, 1.54) is 23.5 Å². The lowest BCUT2D eigenvalue weighted by atomic mass is 10.1. The van der Waals surface area contributed by atoms with Crippen LogP contribution in [-0.2, 0) is 19.5 Å². The summed E-state index contributed by atoms with van der Waals surface area (Å²) in [7, 11) is -1.31. The molecule has 6 rings (SSSR count). The molecule has 2 aromatic heterocycles. The summed E-state index contributed by atoms with van der Waals surface area (Å²) in [5, 5.41) is 16.8. The maximum Gasteiger partial charge on any atom is 0.280 e. The van der Waals surface area contributed by atoms with Gasteiger partial charge >= 0.3 is 0 Å². The number of thiazole rings is 1. The van der Waals surface area contributed by atoms with Gasteiger partial charge in [0.2, 0.25) is 5.88 Å². The SMILES string of the molecule is CN1CC[C@@H](Oc2ccc3nc(NC(=O)/C(=N/O[C@@H]4CC[C@@H](O)C4)c4ccc(S(=O)(=O)C5CC5)cc4)sc3n2)C1. The van der Waals surface area contributed by atoms with Crippen molar-refractivity contribution in [2.45, 2.75) is 67.0 Å². The molecule has 3 atom stereocenters. The number of nitrogens with zero attached hydrogens (tertiary/aromatic N) is 4. The van der Waals surface area contributed by atoms with E-state index in [4.69, 9.17) is 9.57 Å². The minimum absolute atomic E-state index is 0.0154. The van der Waals surface area contributed by atoms with E-state index >= 15 is 0 Å². The zero-order valence-corrected chi connectivity index (χ0v) is 23.7. The molecule has 2 N–H and O–H groups in total. The van der Waals surface area contributed by atoms with Gasteiger partial charge in [-0.3, -0.25) is 10.1 Å². The molecule has 3 heterocycles. The Labute approximate surface area is 236 Å². The van der Waals surface area contributed by atoms with Crippen LogP contribution >= 0.6 is 11.3 Å². The van der Waals surface area contributed by atoms with Crippen molar-refractivity contribution in [3.63, 3.8) is 0 Å². The van der Waals surface area contributed by atoms with E-state index in [0.29, 0.717) is 59.0 Å². The summed E-state index contributed by atoms with van der Waals surface area (Å²) in [5.41, 5.74) is 1.01. The normalized spacial score (nSPS) is 23.9. The number of nitrogens with one attached hydrogen (secondary N) is 1. The van der Waals surface area contributed by atoms with E-state index in [1.54, 1.807) is 18.2 Å². The third-order valence-electron chi connectivity index (χ3n) is 7.37. The van der Waals surface area contributed by atoms with Gasteiger partial charge in [0.05, 0.1) is 16.2 Å². The molecule has 0 radical (unpaired) electrons. The van der Waals surface area contributed by atoms with Gasteiger partial charge in [-0.15, -0.1) is 0 Å². The minimum Gasteiger partial charge on any atom is -0.473 e. The Bertz CT molecular complexity index is 1540. The second-order valence-corrected chi connectivity index (χ2v) is 13.8. The van der Waals surface area contributed by atoms with Crippen LogP contribution in [0.5, 0.6) is 5.88 Å². The summed E-state index contributed by atoms with van der Waals surface area (Å²) in [5.74, 6) is -0.0363. The van der Waals surface area contributed by atoms with Crippen LogP contribution in [0.3, 0.4) is 0 Å². The van der Waals surface area contributed by atoms with Gasteiger partial charge in [0.15, 0.2) is 20.7 Å². The average Bonchev–Trinajstić information content (AvgIpc) is 3.43. The van der Waals surface area contributed by atoms with Gasteiger partial charge in [0, 0.05) is 31.1 Å². The number of fused-ring (bicyclic) bond motifs is 1. The fourth-order valence-electron chi connectivity index (χ4n) is 4.98. The summed E-state index contributed by atoms with van der Waals surface area (Å²) in [6.45, 7) is 1.83. The molecule has 2 aliphatic carbocycles. The molecule has 0 unspecified atom stereocenters. The lowest BCUT2D eigenvalue weighted by Gasteiger charge is -2.12. The van der Waals surface area contributed by atoms with Gasteiger partial charge in [-0.1, -0.05) is 28.6 Å². The van der Waals surface area contributed by atoms with E-state index in [1.807, 2.05) is 6.07 Å². The summed E-state index contributed by atoms with van der Waals surface area (Å²) in [4.78, 5) is 31.2. The summed E-state index contributed by atoms with van der Waals surface area (Å²) in [6.07, 6.45) is 3.28. The molecular formula is C27H31N5O6S2. The molecule has 1 aromatic carbocycles. The van der Waals surface area contributed by atoms with Gasteiger partial charge in [-0.25, -0.2) is 18.4 Å². The number of aliphatic hydroxyl groups is 1. The second-order valence-electron chi connectivity index (χ2n) is 10.6. The van der Waals surface area contributed by atoms with Crippen LogP contribution in [-0.4, -0.2) is 83.7 Å². The predicted molar refractivity (Wildman–Crippen MR) is 150 cm³/mol. The van der Waals surface area contributed by atoms with Crippen LogP contribution in [0, 0.1) is 0 Å². The Kier molecular flexibility index (Phi) is 7.46. The Hall–Kier alpha value is -3.13. The highest BCUT2D eigenvalue weighted by Gasteiger charge is 2.37. The average molecular weight is 586 g/mol. The highest BCUT2D eigenvalue weighted by Crippen LogP contribution is 2.34. The Morgan fingerprint density at radius 1 is 1.07 bits per heavy atom. The van der Waals surface area contributed by atoms with E-state index in [2.05, 4.69) is 32.4 Å². The van der Waals surface area contributed by atoms with Crippen LogP contribution in [0.4, 0.5) is 5.13 Å². The molecule has 11 nitrogen and oxygen atoms in total. The number of benzene rings is 1. The second kappa shape index (κ2) is 11.0. The van der Waals surface area contributed by atoms with E-state index in [9.17, 15) is 18.3 Å². The Morgan fingerprint density at radius 2 is 1.88 bits per heavy atom. The topological polar surface area (TPSA) is 143 Å². The molecule has 13 heteroatoms. The lowest BCUT2D eigenvalue weighted by Crippen LogP contribution is -2.25. The van der Waals surface area contributed by atoms with Crippen molar-refractivity contribution in [1.82, 2.24) is 14.9 Å². The van der Waals surface area contributed by atoms with Crippen molar-refractivity contribution in [2.75, 3.05) is 25.5 Å². The Morgan fingerprint density at radius 3 is 2.55 bits per heavy atom. The van der Waals surface area contributed by atoms with Crippen molar-refractivity contribution in [3.05, 3.63) is 42.0 Å². The molecule has 3 fully saturated rings. The maximum atomic E-state index is 13.4. The first-order chi connectivity index (χ1) is 19.2. The largest absolute Gasteiger partial charge is 0.473 e. The number of pyridine rings is 1. The number of likely N-dealkylation sites (tertiary alicyclic amines) is 1. The molecule has 1 saturated heterocycles. The van der Waals surface area contributed by atoms with Gasteiger partial charge in [0.1, 0.15) is 22.6 Å². The van der Waals surface area contributed by atoms with Crippen molar-refractivity contribution in [3.8, 4) is 5.88 Å². The number of aromatic nitrogens is 2. The third kappa shape index (κ3) is 5.97. The number of amides is 1. The summed E-state index contributed by atoms with van der Waals surface area (Å²) in [6, 6.07) is 9.70. The quantitative estimate of drug-likeness (QED) is 0.286. The van der Waals surface area contributed by atoms with Crippen LogP contribution < -0.4 is 10.1 Å². The molecule has 3 aromatic rings. The molecule has 2 saturated carbocycles. The molecule has 0 spiro atoms. The number of carbonyl (C=O) groups excluding carboxylic acids is 1. The standard InChI is InChI=1S/C27H31N5O6S2/c1-32-13-12-19(15-32)37-23-11-10-22-26(29-23)39-27(28-22)30-25(34)24(31-38-18-5-4-17(33)14-18)16-2-6-20(7-3-16)40(35,36)21-8-9-21/h2-3,6-7,10-11,17-19,21,33H,4-5,8-9,12-15H2,1H3,(H,28,30,34)/b31-24+/t17-,18-,19-/m1/s1. The number of carbonyl (C=O) groups is 1. The number of ether oxygens (including phenoxy) is 1. The maximum absolute atomic E-state index is 13.4. The van der Waals surface area contributed by atoms with Crippen LogP contribution in [0.15, 0.2) is 46.4 Å². The van der Waals surface area contributed by atoms with Crippen molar-refractivity contribution in [1.29, 1.82) is 0 Å². The molecule has 40 heavy (non-hydrogen) atoms. The molecule has 3 aliphatic rings. The molecule has 212 valence electrons. The summed E-state index contributed by atoms with van der Waals surface area (Å²) >= 11 is 1.22. The smallest absolute Gasteiger partial charge is 0.280 e. The number of sulfone groups is 1. The van der Waals surface area contributed by atoms with Gasteiger partial charge in [0.25, 0.3) is 5.91 Å². The Balaban J connectivity index is 1.21. The van der Waals surface area contributed by atoms with E-state index < -0.39 is 21.8 Å². The van der Waals surface area contributed by atoms with E-state index in [0.717, 1.165) is 19.5 Å². The number of hydrogen-bond donors (Lipinski definition) is 2. The number of hydrogen-bond acceptors (Lipinski definition) is 11. The van der Waals surface area contributed by atoms with Gasteiger partial charge < -0.3 is 19.6 Å². The van der Waals surface area contributed by atoms with Crippen molar-refractivity contribution >= 4 is 48.3 Å². The van der Waals surface area contributed by atoms with Gasteiger partial charge in [-0.2, -0.15) is 0 Å². The molecular weight excluding hydrogens is 554 g/mol. The minimum atomic E-state index is -3.36. The number of aliphatic hydroxyl groups excluding tert-OH is 1. The third-order valence-corrected chi connectivity index (χ3v) is 10.5. The number of anilines is 1. The molecule has 1 aliphatic heterocycles. The first kappa shape index (κ1) is 27.1. The van der Waals surface area contributed by atoms with Crippen LogP contribution in [0.1, 0.15) is 44.1 Å². The zero-order valence-electron chi connectivity index (χ0n) is 22.0. The van der Waals surface area contributed by atoms with Crippen molar-refractivity contribution in [2.24, 2.45) is 5.16 Å². The first-order valence-corrected chi connectivity index (χ1v) is 15.8. The number of oxime groups is 1. The van der Waals surface area contributed by atoms with Gasteiger partial charge in [-0.05, 0) is 57.4 Å². The zero-order chi connectivity index (χ0) is 27.9. The monoisotopic (exact) mass is 585 g/mol.